The van der Waals surface area contributed by atoms with Gasteiger partial charge in [0, 0.05) is 25.7 Å². The van der Waals surface area contributed by atoms with Gasteiger partial charge in [-0.1, -0.05) is 18.2 Å². The zero-order chi connectivity index (χ0) is 18.1. The van der Waals surface area contributed by atoms with Gasteiger partial charge in [-0.3, -0.25) is 4.99 Å². The van der Waals surface area contributed by atoms with Crippen LogP contribution in [0, 0.1) is 5.92 Å². The summed E-state index contributed by atoms with van der Waals surface area (Å²) in [7, 11) is 3.86. The van der Waals surface area contributed by atoms with Crippen LogP contribution >= 0.6 is 0 Å². The highest BCUT2D eigenvalue weighted by Crippen LogP contribution is 2.20. The van der Waals surface area contributed by atoms with Gasteiger partial charge in [0.25, 0.3) is 0 Å². The third kappa shape index (κ3) is 6.86. The molecule has 1 aromatic carbocycles. The number of aliphatic imine (C=N–C) groups is 1. The highest BCUT2D eigenvalue weighted by atomic mass is 19.3. The number of hydrogen-bond acceptors (Lipinski definition) is 3. The lowest BCUT2D eigenvalue weighted by atomic mass is 9.94. The molecule has 0 bridgehead atoms. The highest BCUT2D eigenvalue weighted by molar-refractivity contribution is 5.79. The molecule has 1 aliphatic rings. The van der Waals surface area contributed by atoms with E-state index in [1.165, 1.54) is 25.9 Å². The Morgan fingerprint density at radius 1 is 1.28 bits per heavy atom. The number of nitrogens with one attached hydrogen (secondary N) is 2. The number of hydrogen-bond donors (Lipinski definition) is 2. The Morgan fingerprint density at radius 3 is 2.68 bits per heavy atom. The maximum Gasteiger partial charge on any atom is 0.387 e. The van der Waals surface area contributed by atoms with Gasteiger partial charge in [-0.05, 0) is 51.4 Å². The molecular weight excluding hydrogens is 326 g/mol. The second kappa shape index (κ2) is 10.2. The quantitative estimate of drug-likeness (QED) is 0.584. The summed E-state index contributed by atoms with van der Waals surface area (Å²) in [5.74, 6) is 1.61. The Bertz CT molecular complexity index is 546. The maximum atomic E-state index is 12.5. The fourth-order valence-corrected chi connectivity index (χ4v) is 3.01. The molecule has 0 saturated carbocycles. The molecule has 0 unspecified atom stereocenters. The van der Waals surface area contributed by atoms with Crippen LogP contribution in [0.3, 0.4) is 0 Å². The van der Waals surface area contributed by atoms with E-state index in [-0.39, 0.29) is 5.75 Å². The van der Waals surface area contributed by atoms with Crippen molar-refractivity contribution in [1.82, 2.24) is 15.5 Å². The van der Waals surface area contributed by atoms with Crippen molar-refractivity contribution >= 4 is 5.96 Å². The van der Waals surface area contributed by atoms with Crippen LogP contribution in [-0.4, -0.2) is 51.2 Å². The molecule has 1 saturated heterocycles. The van der Waals surface area contributed by atoms with Crippen LogP contribution < -0.4 is 15.4 Å². The Balaban J connectivity index is 1.75. The van der Waals surface area contributed by atoms with Crippen molar-refractivity contribution in [2.75, 3.05) is 33.7 Å². The van der Waals surface area contributed by atoms with Crippen molar-refractivity contribution in [2.45, 2.75) is 32.4 Å². The van der Waals surface area contributed by atoms with E-state index in [0.29, 0.717) is 18.1 Å². The van der Waals surface area contributed by atoms with E-state index in [1.54, 1.807) is 31.3 Å². The highest BCUT2D eigenvalue weighted by Gasteiger charge is 2.16. The van der Waals surface area contributed by atoms with E-state index >= 15 is 0 Å². The van der Waals surface area contributed by atoms with E-state index in [9.17, 15) is 8.78 Å². The average molecular weight is 354 g/mol. The number of halogens is 2. The zero-order valence-corrected chi connectivity index (χ0v) is 15.0. The molecule has 1 aliphatic heterocycles. The van der Waals surface area contributed by atoms with Crippen molar-refractivity contribution in [2.24, 2.45) is 10.9 Å². The van der Waals surface area contributed by atoms with Crippen LogP contribution in [0.1, 0.15) is 24.8 Å². The summed E-state index contributed by atoms with van der Waals surface area (Å²) in [6.45, 7) is 0.727. The van der Waals surface area contributed by atoms with Crippen molar-refractivity contribution in [3.63, 3.8) is 0 Å². The average Bonchev–Trinajstić information content (AvgIpc) is 2.60. The summed E-state index contributed by atoms with van der Waals surface area (Å²) in [5.41, 5.74) is 0.668. The summed E-state index contributed by atoms with van der Waals surface area (Å²) in [4.78, 5) is 6.55. The summed E-state index contributed by atoms with van der Waals surface area (Å²) in [5, 5.41) is 6.44. The number of guanidine groups is 1. The molecule has 2 rings (SSSR count). The zero-order valence-electron chi connectivity index (χ0n) is 15.0. The van der Waals surface area contributed by atoms with Gasteiger partial charge in [-0.25, -0.2) is 0 Å². The van der Waals surface area contributed by atoms with Crippen molar-refractivity contribution in [3.8, 4) is 5.75 Å². The number of benzene rings is 1. The molecule has 0 aliphatic carbocycles. The summed E-state index contributed by atoms with van der Waals surface area (Å²) in [6.07, 6.45) is 3.59. The summed E-state index contributed by atoms with van der Waals surface area (Å²) in [6, 6.07) is 6.78. The van der Waals surface area contributed by atoms with Crippen LogP contribution in [0.5, 0.6) is 5.75 Å². The maximum absolute atomic E-state index is 12.5. The minimum Gasteiger partial charge on any atom is -0.434 e. The van der Waals surface area contributed by atoms with Gasteiger partial charge < -0.3 is 20.3 Å². The number of rotatable bonds is 7. The molecule has 0 amide bonds. The second-order valence-electron chi connectivity index (χ2n) is 6.37. The van der Waals surface area contributed by atoms with E-state index in [0.717, 1.165) is 18.9 Å². The largest absolute Gasteiger partial charge is 0.434 e. The first-order valence-electron chi connectivity index (χ1n) is 8.74. The molecule has 1 heterocycles. The molecule has 5 nitrogen and oxygen atoms in total. The fraction of sp³-hybridized carbons (Fsp3) is 0.611. The van der Waals surface area contributed by atoms with Crippen LogP contribution in [-0.2, 0) is 6.54 Å². The summed E-state index contributed by atoms with van der Waals surface area (Å²) >= 11 is 0. The Kier molecular flexibility index (Phi) is 7.91. The molecule has 25 heavy (non-hydrogen) atoms. The number of piperidine rings is 1. The first kappa shape index (κ1) is 19.4. The van der Waals surface area contributed by atoms with Gasteiger partial charge >= 0.3 is 6.61 Å². The minimum atomic E-state index is -2.83. The first-order valence-corrected chi connectivity index (χ1v) is 8.74. The smallest absolute Gasteiger partial charge is 0.387 e. The van der Waals surface area contributed by atoms with Crippen LogP contribution in [0.4, 0.5) is 8.78 Å². The first-order chi connectivity index (χ1) is 12.1. The van der Waals surface area contributed by atoms with E-state index in [2.05, 4.69) is 32.3 Å². The lowest BCUT2D eigenvalue weighted by molar-refractivity contribution is -0.0504. The Morgan fingerprint density at radius 2 is 2.00 bits per heavy atom. The molecule has 0 aromatic heterocycles. The number of nitrogens with zero attached hydrogens (tertiary/aromatic N) is 2. The summed E-state index contributed by atoms with van der Waals surface area (Å²) < 4.78 is 29.4. The number of ether oxygens (including phenoxy) is 1. The topological polar surface area (TPSA) is 48.9 Å². The Hall–Kier alpha value is -1.89. The van der Waals surface area contributed by atoms with Crippen molar-refractivity contribution < 1.29 is 13.5 Å². The van der Waals surface area contributed by atoms with E-state index < -0.39 is 6.61 Å². The molecule has 140 valence electrons. The standard InChI is InChI=1S/C18H28F2N4O/c1-21-18(22-10-7-14-8-11-24(2)12-9-14)23-13-15-5-3-4-6-16(15)25-17(19)20/h3-6,14,17H,7-13H2,1-2H3,(H2,21,22,23). The molecule has 7 heteroatoms. The van der Waals surface area contributed by atoms with Gasteiger partial charge in [-0.2, -0.15) is 8.78 Å². The molecule has 0 radical (unpaired) electrons. The monoisotopic (exact) mass is 354 g/mol. The third-order valence-corrected chi connectivity index (χ3v) is 4.54. The van der Waals surface area contributed by atoms with Crippen LogP contribution in [0.15, 0.2) is 29.3 Å². The molecular formula is C18H28F2N4O. The minimum absolute atomic E-state index is 0.187. The van der Waals surface area contributed by atoms with E-state index in [4.69, 9.17) is 0 Å². The van der Waals surface area contributed by atoms with E-state index in [1.807, 2.05) is 0 Å². The Labute approximate surface area is 148 Å². The number of para-hydroxylation sites is 1. The van der Waals surface area contributed by atoms with Crippen LogP contribution in [0.25, 0.3) is 0 Å². The molecule has 1 fully saturated rings. The van der Waals surface area contributed by atoms with Crippen molar-refractivity contribution in [1.29, 1.82) is 0 Å². The molecule has 2 N–H and O–H groups in total. The second-order valence-corrected chi connectivity index (χ2v) is 6.37. The van der Waals surface area contributed by atoms with Gasteiger partial charge in [0.15, 0.2) is 5.96 Å². The SMILES string of the molecule is CN=C(NCCC1CCN(C)CC1)NCc1ccccc1OC(F)F. The van der Waals surface area contributed by atoms with Gasteiger partial charge in [0.05, 0.1) is 0 Å². The predicted octanol–water partition coefficient (Wildman–Crippen LogP) is 2.68. The fourth-order valence-electron chi connectivity index (χ4n) is 3.01. The van der Waals surface area contributed by atoms with Gasteiger partial charge in [0.1, 0.15) is 5.75 Å². The lowest BCUT2D eigenvalue weighted by Crippen LogP contribution is -2.38. The van der Waals surface area contributed by atoms with Gasteiger partial charge in [0.2, 0.25) is 0 Å². The molecule has 0 atom stereocenters. The molecule has 0 spiro atoms. The predicted molar refractivity (Wildman–Crippen MR) is 96.1 cm³/mol. The van der Waals surface area contributed by atoms with Gasteiger partial charge in [-0.15, -0.1) is 0 Å². The third-order valence-electron chi connectivity index (χ3n) is 4.54. The van der Waals surface area contributed by atoms with Crippen molar-refractivity contribution in [3.05, 3.63) is 29.8 Å². The van der Waals surface area contributed by atoms with Crippen LogP contribution in [0.2, 0.25) is 0 Å². The lowest BCUT2D eigenvalue weighted by Gasteiger charge is -2.29. The normalized spacial score (nSPS) is 16.9. The molecule has 1 aromatic rings. The number of alkyl halides is 2. The number of likely N-dealkylation sites (tertiary alicyclic amines) is 1.